The SMILES string of the molecule is CCC(C)OC(=O)Cc1c[nH]c2ccccc12. The van der Waals surface area contributed by atoms with E-state index >= 15 is 0 Å². The lowest BCUT2D eigenvalue weighted by Gasteiger charge is -2.10. The van der Waals surface area contributed by atoms with E-state index in [1.165, 1.54) is 0 Å². The fourth-order valence-corrected chi connectivity index (χ4v) is 1.78. The predicted octanol–water partition coefficient (Wildman–Crippen LogP) is 3.05. The summed E-state index contributed by atoms with van der Waals surface area (Å²) in [5, 5.41) is 1.09. The highest BCUT2D eigenvalue weighted by molar-refractivity contribution is 5.87. The number of fused-ring (bicyclic) bond motifs is 1. The number of esters is 1. The van der Waals surface area contributed by atoms with Crippen molar-refractivity contribution in [2.24, 2.45) is 0 Å². The lowest BCUT2D eigenvalue weighted by Crippen LogP contribution is -2.15. The van der Waals surface area contributed by atoms with Crippen molar-refractivity contribution in [2.45, 2.75) is 32.8 Å². The van der Waals surface area contributed by atoms with Gasteiger partial charge in [-0.05, 0) is 25.0 Å². The number of ether oxygens (including phenoxy) is 1. The molecule has 3 heteroatoms. The van der Waals surface area contributed by atoms with Crippen LogP contribution in [0.1, 0.15) is 25.8 Å². The minimum Gasteiger partial charge on any atom is -0.462 e. The largest absolute Gasteiger partial charge is 0.462 e. The van der Waals surface area contributed by atoms with Gasteiger partial charge in [0.05, 0.1) is 12.5 Å². The molecule has 1 aromatic carbocycles. The lowest BCUT2D eigenvalue weighted by molar-refractivity contribution is -0.147. The maximum absolute atomic E-state index is 11.7. The normalized spacial score (nSPS) is 12.6. The van der Waals surface area contributed by atoms with E-state index in [1.807, 2.05) is 44.3 Å². The monoisotopic (exact) mass is 231 g/mol. The van der Waals surface area contributed by atoms with Gasteiger partial charge in [-0.15, -0.1) is 0 Å². The van der Waals surface area contributed by atoms with Crippen molar-refractivity contribution in [3.8, 4) is 0 Å². The minimum atomic E-state index is -0.163. The second-order valence-electron chi connectivity index (χ2n) is 4.24. The van der Waals surface area contributed by atoms with Crippen LogP contribution >= 0.6 is 0 Å². The molecule has 0 saturated heterocycles. The average molecular weight is 231 g/mol. The zero-order chi connectivity index (χ0) is 12.3. The highest BCUT2D eigenvalue weighted by atomic mass is 16.5. The second kappa shape index (κ2) is 5.04. The van der Waals surface area contributed by atoms with Crippen molar-refractivity contribution in [2.75, 3.05) is 0 Å². The van der Waals surface area contributed by atoms with Crippen LogP contribution in [-0.2, 0) is 16.0 Å². The number of H-pyrrole nitrogens is 1. The number of carbonyl (C=O) groups excluding carboxylic acids is 1. The molecule has 1 N–H and O–H groups in total. The fourth-order valence-electron chi connectivity index (χ4n) is 1.78. The number of carbonyl (C=O) groups is 1. The smallest absolute Gasteiger partial charge is 0.310 e. The third-order valence-electron chi connectivity index (χ3n) is 2.92. The third-order valence-corrected chi connectivity index (χ3v) is 2.92. The quantitative estimate of drug-likeness (QED) is 0.822. The summed E-state index contributed by atoms with van der Waals surface area (Å²) < 4.78 is 5.27. The molecule has 1 heterocycles. The number of benzene rings is 1. The minimum absolute atomic E-state index is 0.00675. The van der Waals surface area contributed by atoms with Gasteiger partial charge in [0.1, 0.15) is 0 Å². The molecule has 0 aliphatic carbocycles. The zero-order valence-corrected chi connectivity index (χ0v) is 10.2. The summed E-state index contributed by atoms with van der Waals surface area (Å²) in [5.74, 6) is -0.163. The number of hydrogen-bond acceptors (Lipinski definition) is 2. The van der Waals surface area contributed by atoms with Crippen LogP contribution in [0.25, 0.3) is 10.9 Å². The van der Waals surface area contributed by atoms with Gasteiger partial charge in [0.25, 0.3) is 0 Å². The topological polar surface area (TPSA) is 42.1 Å². The molecular weight excluding hydrogens is 214 g/mol. The fraction of sp³-hybridized carbons (Fsp3) is 0.357. The highest BCUT2D eigenvalue weighted by Crippen LogP contribution is 2.18. The zero-order valence-electron chi connectivity index (χ0n) is 10.2. The van der Waals surface area contributed by atoms with Crippen molar-refractivity contribution in [1.82, 2.24) is 4.98 Å². The molecule has 1 unspecified atom stereocenters. The van der Waals surface area contributed by atoms with Crippen LogP contribution < -0.4 is 0 Å². The van der Waals surface area contributed by atoms with Crippen molar-refractivity contribution >= 4 is 16.9 Å². The average Bonchev–Trinajstić information content (AvgIpc) is 2.72. The molecule has 0 radical (unpaired) electrons. The Hall–Kier alpha value is -1.77. The van der Waals surface area contributed by atoms with Gasteiger partial charge in [0.2, 0.25) is 0 Å². The van der Waals surface area contributed by atoms with Crippen molar-refractivity contribution < 1.29 is 9.53 Å². The van der Waals surface area contributed by atoms with E-state index in [4.69, 9.17) is 4.74 Å². The number of nitrogens with one attached hydrogen (secondary N) is 1. The third kappa shape index (κ3) is 2.67. The van der Waals surface area contributed by atoms with Gasteiger partial charge in [0.15, 0.2) is 0 Å². The Morgan fingerprint density at radius 3 is 2.94 bits per heavy atom. The second-order valence-corrected chi connectivity index (χ2v) is 4.24. The Labute approximate surface area is 101 Å². The van der Waals surface area contributed by atoms with Crippen molar-refractivity contribution in [3.63, 3.8) is 0 Å². The van der Waals surface area contributed by atoms with E-state index < -0.39 is 0 Å². The first-order chi connectivity index (χ1) is 8.20. The molecule has 0 saturated carbocycles. The molecule has 2 rings (SSSR count). The molecular formula is C14H17NO2. The summed E-state index contributed by atoms with van der Waals surface area (Å²) in [7, 11) is 0. The van der Waals surface area contributed by atoms with E-state index in [-0.39, 0.29) is 12.1 Å². The maximum Gasteiger partial charge on any atom is 0.310 e. The van der Waals surface area contributed by atoms with Crippen LogP contribution in [0.4, 0.5) is 0 Å². The Morgan fingerprint density at radius 2 is 2.18 bits per heavy atom. The first kappa shape index (κ1) is 11.7. The van der Waals surface area contributed by atoms with Gasteiger partial charge >= 0.3 is 5.97 Å². The summed E-state index contributed by atoms with van der Waals surface area (Å²) in [6, 6.07) is 7.95. The van der Waals surface area contributed by atoms with Crippen molar-refractivity contribution in [3.05, 3.63) is 36.0 Å². The number of aromatic nitrogens is 1. The molecule has 1 aromatic heterocycles. The number of rotatable bonds is 4. The number of para-hydroxylation sites is 1. The molecule has 0 fully saturated rings. The van der Waals surface area contributed by atoms with Gasteiger partial charge in [-0.2, -0.15) is 0 Å². The van der Waals surface area contributed by atoms with Crippen LogP contribution in [0.15, 0.2) is 30.5 Å². The first-order valence-corrected chi connectivity index (χ1v) is 5.95. The Morgan fingerprint density at radius 1 is 1.41 bits per heavy atom. The maximum atomic E-state index is 11.7. The van der Waals surface area contributed by atoms with Crippen LogP contribution in [-0.4, -0.2) is 17.1 Å². The Kier molecular flexibility index (Phi) is 3.47. The predicted molar refractivity (Wildman–Crippen MR) is 67.8 cm³/mol. The molecule has 0 aliphatic heterocycles. The molecule has 1 atom stereocenters. The van der Waals surface area contributed by atoms with E-state index in [1.54, 1.807) is 0 Å². The standard InChI is InChI=1S/C14H17NO2/c1-3-10(2)17-14(16)8-11-9-15-13-7-5-4-6-12(11)13/h4-7,9-10,15H,3,8H2,1-2H3. The number of aromatic amines is 1. The van der Waals surface area contributed by atoms with E-state index in [0.717, 1.165) is 22.9 Å². The van der Waals surface area contributed by atoms with E-state index in [2.05, 4.69) is 4.98 Å². The van der Waals surface area contributed by atoms with Gasteiger partial charge in [-0.25, -0.2) is 0 Å². The van der Waals surface area contributed by atoms with E-state index in [0.29, 0.717) is 6.42 Å². The summed E-state index contributed by atoms with van der Waals surface area (Å²) in [6.07, 6.45) is 3.05. The van der Waals surface area contributed by atoms with Gasteiger partial charge < -0.3 is 9.72 Å². The molecule has 0 amide bonds. The summed E-state index contributed by atoms with van der Waals surface area (Å²) in [5.41, 5.74) is 2.05. The Bertz CT molecular complexity index is 516. The molecule has 0 spiro atoms. The van der Waals surface area contributed by atoms with Crippen LogP contribution in [0, 0.1) is 0 Å². The molecule has 3 nitrogen and oxygen atoms in total. The van der Waals surface area contributed by atoms with Crippen LogP contribution in [0.5, 0.6) is 0 Å². The number of hydrogen-bond donors (Lipinski definition) is 1. The molecule has 0 aliphatic rings. The van der Waals surface area contributed by atoms with E-state index in [9.17, 15) is 4.79 Å². The highest BCUT2D eigenvalue weighted by Gasteiger charge is 2.11. The molecule has 0 bridgehead atoms. The van der Waals surface area contributed by atoms with Crippen LogP contribution in [0.3, 0.4) is 0 Å². The van der Waals surface area contributed by atoms with Gasteiger partial charge in [0, 0.05) is 17.1 Å². The first-order valence-electron chi connectivity index (χ1n) is 5.95. The molecule has 2 aromatic rings. The van der Waals surface area contributed by atoms with Crippen molar-refractivity contribution in [1.29, 1.82) is 0 Å². The summed E-state index contributed by atoms with van der Waals surface area (Å²) in [6.45, 7) is 3.91. The summed E-state index contributed by atoms with van der Waals surface area (Å²) >= 11 is 0. The molecule has 17 heavy (non-hydrogen) atoms. The van der Waals surface area contributed by atoms with Gasteiger partial charge in [-0.1, -0.05) is 25.1 Å². The van der Waals surface area contributed by atoms with Crippen LogP contribution in [0.2, 0.25) is 0 Å². The Balaban J connectivity index is 2.11. The molecule has 90 valence electrons. The lowest BCUT2D eigenvalue weighted by atomic mass is 10.1. The summed E-state index contributed by atoms with van der Waals surface area (Å²) in [4.78, 5) is 14.8. The van der Waals surface area contributed by atoms with Gasteiger partial charge in [-0.3, -0.25) is 4.79 Å².